The minimum absolute atomic E-state index is 0.851. The highest BCUT2D eigenvalue weighted by molar-refractivity contribution is 6.09. The summed E-state index contributed by atoms with van der Waals surface area (Å²) in [6.07, 6.45) is 0.851. The van der Waals surface area contributed by atoms with Crippen LogP contribution in [-0.4, -0.2) is 33.9 Å². The Morgan fingerprint density at radius 2 is 1.05 bits per heavy atom. The zero-order valence-corrected chi connectivity index (χ0v) is 22.9. The van der Waals surface area contributed by atoms with Gasteiger partial charge in [0.25, 0.3) is 0 Å². The SMILES string of the molecule is CCC(=Nc1ccccc1)c1ccccc1C(C)=C(c1ccc(N(C)C)cc1)c1ccc(N(C)C)cc1. The highest BCUT2D eigenvalue weighted by Crippen LogP contribution is 2.35. The van der Waals surface area contributed by atoms with Crippen LogP contribution < -0.4 is 9.80 Å². The van der Waals surface area contributed by atoms with Crippen molar-refractivity contribution in [3.8, 4) is 0 Å². The molecular formula is C34H37N3. The van der Waals surface area contributed by atoms with E-state index in [1.165, 1.54) is 44.8 Å². The molecule has 0 saturated heterocycles. The maximum atomic E-state index is 5.04. The summed E-state index contributed by atoms with van der Waals surface area (Å²) in [6, 6.07) is 36.6. The van der Waals surface area contributed by atoms with Gasteiger partial charge in [-0.15, -0.1) is 0 Å². The minimum atomic E-state index is 0.851. The molecule has 0 aliphatic carbocycles. The Morgan fingerprint density at radius 1 is 0.595 bits per heavy atom. The van der Waals surface area contributed by atoms with E-state index in [0.717, 1.165) is 17.8 Å². The third kappa shape index (κ3) is 6.00. The molecular weight excluding hydrogens is 450 g/mol. The van der Waals surface area contributed by atoms with Crippen LogP contribution in [0.15, 0.2) is 108 Å². The van der Waals surface area contributed by atoms with Crippen LogP contribution in [0.4, 0.5) is 17.1 Å². The molecule has 3 nitrogen and oxygen atoms in total. The average molecular weight is 488 g/mol. The lowest BCUT2D eigenvalue weighted by Crippen LogP contribution is -2.09. The van der Waals surface area contributed by atoms with Crippen molar-refractivity contribution in [2.45, 2.75) is 20.3 Å². The smallest absolute Gasteiger partial charge is 0.0633 e. The number of benzene rings is 4. The van der Waals surface area contributed by atoms with Crippen molar-refractivity contribution in [3.63, 3.8) is 0 Å². The van der Waals surface area contributed by atoms with E-state index in [-0.39, 0.29) is 0 Å². The maximum absolute atomic E-state index is 5.04. The van der Waals surface area contributed by atoms with Gasteiger partial charge < -0.3 is 9.80 Å². The number of nitrogens with zero attached hydrogens (tertiary/aromatic N) is 3. The monoisotopic (exact) mass is 487 g/mol. The van der Waals surface area contributed by atoms with E-state index < -0.39 is 0 Å². The van der Waals surface area contributed by atoms with Gasteiger partial charge in [0.05, 0.1) is 5.69 Å². The van der Waals surface area contributed by atoms with E-state index in [1.54, 1.807) is 0 Å². The molecule has 0 aliphatic rings. The van der Waals surface area contributed by atoms with Gasteiger partial charge in [0.15, 0.2) is 0 Å². The Hall–Kier alpha value is -4.11. The molecule has 0 saturated carbocycles. The summed E-state index contributed by atoms with van der Waals surface area (Å²) >= 11 is 0. The van der Waals surface area contributed by atoms with E-state index in [2.05, 4.69) is 137 Å². The Labute approximate surface area is 222 Å². The molecule has 188 valence electrons. The van der Waals surface area contributed by atoms with Crippen LogP contribution in [-0.2, 0) is 0 Å². The van der Waals surface area contributed by atoms with Crippen LogP contribution in [0.5, 0.6) is 0 Å². The van der Waals surface area contributed by atoms with Gasteiger partial charge in [-0.3, -0.25) is 4.99 Å². The molecule has 4 aromatic rings. The van der Waals surface area contributed by atoms with E-state index in [0.29, 0.717) is 0 Å². The van der Waals surface area contributed by atoms with E-state index in [4.69, 9.17) is 4.99 Å². The van der Waals surface area contributed by atoms with Gasteiger partial charge in [0, 0.05) is 50.8 Å². The van der Waals surface area contributed by atoms with Gasteiger partial charge >= 0.3 is 0 Å². The van der Waals surface area contributed by atoms with Crippen molar-refractivity contribution in [2.24, 2.45) is 4.99 Å². The highest BCUT2D eigenvalue weighted by atomic mass is 15.1. The Balaban J connectivity index is 1.92. The van der Waals surface area contributed by atoms with Gasteiger partial charge in [-0.25, -0.2) is 0 Å². The van der Waals surface area contributed by atoms with Crippen molar-refractivity contribution >= 4 is 33.9 Å². The standard InChI is InChI=1S/C34H37N3/c1-7-33(35-28-13-9-8-10-14-28)32-16-12-11-15-31(32)25(2)34(26-17-21-29(22-18-26)36(3)4)27-19-23-30(24-20-27)37(5)6/h8-24H,7H2,1-6H3. The molecule has 0 amide bonds. The molecule has 0 bridgehead atoms. The lowest BCUT2D eigenvalue weighted by molar-refractivity contribution is 1.13. The maximum Gasteiger partial charge on any atom is 0.0633 e. The van der Waals surface area contributed by atoms with Crippen molar-refractivity contribution in [2.75, 3.05) is 38.0 Å². The number of rotatable bonds is 8. The minimum Gasteiger partial charge on any atom is -0.378 e. The average Bonchev–Trinajstić information content (AvgIpc) is 2.93. The molecule has 37 heavy (non-hydrogen) atoms. The van der Waals surface area contributed by atoms with Crippen LogP contribution in [0.3, 0.4) is 0 Å². The van der Waals surface area contributed by atoms with Crippen LogP contribution in [0.1, 0.15) is 42.5 Å². The highest BCUT2D eigenvalue weighted by Gasteiger charge is 2.16. The van der Waals surface area contributed by atoms with Crippen LogP contribution >= 0.6 is 0 Å². The predicted octanol–water partition coefficient (Wildman–Crippen LogP) is 8.33. The molecule has 0 fully saturated rings. The first kappa shape index (κ1) is 26.0. The number of hydrogen-bond acceptors (Lipinski definition) is 3. The normalized spacial score (nSPS) is 11.2. The molecule has 0 unspecified atom stereocenters. The molecule has 3 heteroatoms. The molecule has 4 rings (SSSR count). The summed E-state index contributed by atoms with van der Waals surface area (Å²) in [5, 5.41) is 0. The van der Waals surface area contributed by atoms with Gasteiger partial charge in [0.1, 0.15) is 0 Å². The number of allylic oxidation sites excluding steroid dienone is 1. The zero-order valence-electron chi connectivity index (χ0n) is 22.9. The quantitative estimate of drug-likeness (QED) is 0.184. The number of anilines is 2. The molecule has 4 aromatic carbocycles. The summed E-state index contributed by atoms with van der Waals surface area (Å²) in [5.74, 6) is 0. The topological polar surface area (TPSA) is 18.8 Å². The first-order valence-corrected chi connectivity index (χ1v) is 12.9. The molecule has 0 aromatic heterocycles. The zero-order chi connectivity index (χ0) is 26.4. The van der Waals surface area contributed by atoms with Gasteiger partial charge in [-0.05, 0) is 77.6 Å². The molecule has 0 heterocycles. The fourth-order valence-corrected chi connectivity index (χ4v) is 4.64. The third-order valence-corrected chi connectivity index (χ3v) is 6.72. The lowest BCUT2D eigenvalue weighted by atomic mass is 9.87. The summed E-state index contributed by atoms with van der Waals surface area (Å²) in [6.45, 7) is 4.42. The third-order valence-electron chi connectivity index (χ3n) is 6.72. The van der Waals surface area contributed by atoms with Crippen molar-refractivity contribution in [1.29, 1.82) is 0 Å². The molecule has 0 spiro atoms. The van der Waals surface area contributed by atoms with Crippen molar-refractivity contribution < 1.29 is 0 Å². The van der Waals surface area contributed by atoms with E-state index in [1.807, 2.05) is 18.2 Å². The Morgan fingerprint density at radius 3 is 1.51 bits per heavy atom. The second kappa shape index (κ2) is 11.7. The largest absolute Gasteiger partial charge is 0.378 e. The summed E-state index contributed by atoms with van der Waals surface area (Å²) in [5.41, 5.74) is 11.7. The summed E-state index contributed by atoms with van der Waals surface area (Å²) in [4.78, 5) is 9.31. The first-order valence-electron chi connectivity index (χ1n) is 12.9. The molecule has 0 atom stereocenters. The lowest BCUT2D eigenvalue weighted by Gasteiger charge is -2.20. The first-order chi connectivity index (χ1) is 17.9. The molecule has 0 N–H and O–H groups in total. The Kier molecular flexibility index (Phi) is 8.25. The number of para-hydroxylation sites is 1. The van der Waals surface area contributed by atoms with Gasteiger partial charge in [-0.1, -0.05) is 73.7 Å². The van der Waals surface area contributed by atoms with Gasteiger partial charge in [-0.2, -0.15) is 0 Å². The summed E-state index contributed by atoms with van der Waals surface area (Å²) < 4.78 is 0. The van der Waals surface area contributed by atoms with Gasteiger partial charge in [0.2, 0.25) is 0 Å². The van der Waals surface area contributed by atoms with Crippen LogP contribution in [0.25, 0.3) is 11.1 Å². The number of hydrogen-bond donors (Lipinski definition) is 0. The Bertz CT molecular complexity index is 1320. The second-order valence-corrected chi connectivity index (χ2v) is 9.68. The van der Waals surface area contributed by atoms with Crippen molar-refractivity contribution in [3.05, 3.63) is 125 Å². The fraction of sp³-hybridized carbons (Fsp3) is 0.206. The van der Waals surface area contributed by atoms with E-state index in [9.17, 15) is 0 Å². The predicted molar refractivity (Wildman–Crippen MR) is 162 cm³/mol. The van der Waals surface area contributed by atoms with E-state index >= 15 is 0 Å². The fourth-order valence-electron chi connectivity index (χ4n) is 4.64. The second-order valence-electron chi connectivity index (χ2n) is 9.68. The summed E-state index contributed by atoms with van der Waals surface area (Å²) in [7, 11) is 8.30. The molecule has 0 radical (unpaired) electrons. The van der Waals surface area contributed by atoms with Crippen molar-refractivity contribution in [1.82, 2.24) is 0 Å². The number of aliphatic imine (C=N–C) groups is 1. The van der Waals surface area contributed by atoms with Crippen LogP contribution in [0.2, 0.25) is 0 Å². The molecule has 0 aliphatic heterocycles. The van der Waals surface area contributed by atoms with Crippen LogP contribution in [0, 0.1) is 0 Å².